The van der Waals surface area contributed by atoms with Crippen molar-refractivity contribution in [3.63, 3.8) is 0 Å². The lowest BCUT2D eigenvalue weighted by Crippen LogP contribution is -2.48. The average molecular weight is 322 g/mol. The minimum absolute atomic E-state index is 0.183. The van der Waals surface area contributed by atoms with E-state index in [9.17, 15) is 9.59 Å². The minimum atomic E-state index is 0.183. The van der Waals surface area contributed by atoms with Crippen LogP contribution < -0.4 is 5.32 Å². The molecule has 23 heavy (non-hydrogen) atoms. The Kier molecular flexibility index (Phi) is 6.24. The van der Waals surface area contributed by atoms with Gasteiger partial charge in [-0.05, 0) is 85.2 Å². The Morgan fingerprint density at radius 2 is 1.52 bits per heavy atom. The highest BCUT2D eigenvalue weighted by atomic mass is 16.2. The molecule has 0 unspecified atom stereocenters. The Labute approximate surface area is 141 Å². The molecule has 1 saturated heterocycles. The lowest BCUT2D eigenvalue weighted by molar-refractivity contribution is -0.127. The van der Waals surface area contributed by atoms with E-state index in [4.69, 9.17) is 0 Å². The molecule has 1 N–H and O–H groups in total. The molecule has 0 aromatic heterocycles. The van der Waals surface area contributed by atoms with Gasteiger partial charge >= 0.3 is 0 Å². The molecule has 132 valence electrons. The summed E-state index contributed by atoms with van der Waals surface area (Å²) in [5.74, 6) is 1.58. The van der Waals surface area contributed by atoms with Crippen LogP contribution in [0.25, 0.3) is 0 Å². The normalized spacial score (nSPS) is 27.7. The van der Waals surface area contributed by atoms with E-state index in [0.717, 1.165) is 58.2 Å². The van der Waals surface area contributed by atoms with Crippen molar-refractivity contribution in [1.29, 1.82) is 0 Å². The van der Waals surface area contributed by atoms with E-state index in [2.05, 4.69) is 31.0 Å². The quantitative estimate of drug-likeness (QED) is 0.865. The van der Waals surface area contributed by atoms with E-state index in [1.54, 1.807) is 6.92 Å². The molecule has 1 aliphatic heterocycles. The van der Waals surface area contributed by atoms with Crippen LogP contribution in [0.3, 0.4) is 0 Å². The lowest BCUT2D eigenvalue weighted by atomic mass is 9.80. The molecule has 1 aliphatic carbocycles. The van der Waals surface area contributed by atoms with Crippen molar-refractivity contribution in [2.75, 3.05) is 19.6 Å². The zero-order valence-electron chi connectivity index (χ0n) is 15.4. The third-order valence-electron chi connectivity index (χ3n) is 5.80. The lowest BCUT2D eigenvalue weighted by Gasteiger charge is -2.40. The van der Waals surface area contributed by atoms with Crippen molar-refractivity contribution < 1.29 is 9.59 Å². The van der Waals surface area contributed by atoms with Crippen molar-refractivity contribution in [3.05, 3.63) is 0 Å². The highest BCUT2D eigenvalue weighted by Crippen LogP contribution is 2.29. The van der Waals surface area contributed by atoms with Gasteiger partial charge in [-0.3, -0.25) is 14.5 Å². The van der Waals surface area contributed by atoms with E-state index >= 15 is 0 Å². The number of rotatable bonds is 4. The largest absolute Gasteiger partial charge is 0.356 e. The third kappa shape index (κ3) is 5.30. The van der Waals surface area contributed by atoms with Crippen LogP contribution in [-0.2, 0) is 9.59 Å². The summed E-state index contributed by atoms with van der Waals surface area (Å²) in [6.45, 7) is 11.3. The Morgan fingerprint density at radius 1 is 0.957 bits per heavy atom. The van der Waals surface area contributed by atoms with Gasteiger partial charge in [0.2, 0.25) is 5.91 Å². The number of Topliss-reactive ketones (excluding diaryl/α,β-unsaturated/α-hetero) is 1. The molecular formula is C19H34N2O2. The molecule has 2 rings (SSSR count). The van der Waals surface area contributed by atoms with E-state index in [1.165, 1.54) is 0 Å². The molecule has 4 nitrogen and oxygen atoms in total. The molecule has 0 bridgehead atoms. The van der Waals surface area contributed by atoms with Gasteiger partial charge in [-0.15, -0.1) is 0 Å². The molecule has 0 aromatic carbocycles. The topological polar surface area (TPSA) is 49.4 Å². The SMILES string of the molecule is CC(=O)C1CCC(CNC(=O)C2CCN(C(C)(C)C)CC2)CC1. The molecular weight excluding hydrogens is 288 g/mol. The predicted molar refractivity (Wildman–Crippen MR) is 93.2 cm³/mol. The molecule has 1 heterocycles. The molecule has 0 radical (unpaired) electrons. The summed E-state index contributed by atoms with van der Waals surface area (Å²) in [5.41, 5.74) is 0.205. The standard InChI is InChI=1S/C19H34N2O2/c1-14(22)16-7-5-15(6-8-16)13-20-18(23)17-9-11-21(12-10-17)19(2,3)4/h15-17H,5-13H2,1-4H3,(H,20,23). The highest BCUT2D eigenvalue weighted by Gasteiger charge is 2.30. The zero-order chi connectivity index (χ0) is 17.0. The molecule has 1 saturated carbocycles. The number of hydrogen-bond donors (Lipinski definition) is 1. The van der Waals surface area contributed by atoms with Crippen molar-refractivity contribution in [1.82, 2.24) is 10.2 Å². The van der Waals surface area contributed by atoms with Crippen LogP contribution in [0.2, 0.25) is 0 Å². The number of carbonyl (C=O) groups excluding carboxylic acids is 2. The van der Waals surface area contributed by atoms with Crippen molar-refractivity contribution >= 4 is 11.7 Å². The van der Waals surface area contributed by atoms with E-state index < -0.39 is 0 Å². The molecule has 0 spiro atoms. The Balaban J connectivity index is 1.67. The first-order chi connectivity index (χ1) is 10.8. The van der Waals surface area contributed by atoms with Crippen LogP contribution in [0.1, 0.15) is 66.2 Å². The Morgan fingerprint density at radius 3 is 2.00 bits per heavy atom. The number of carbonyl (C=O) groups is 2. The molecule has 0 aromatic rings. The summed E-state index contributed by atoms with van der Waals surface area (Å²) in [4.78, 5) is 26.3. The number of piperidine rings is 1. The maximum Gasteiger partial charge on any atom is 0.223 e. The molecule has 4 heteroatoms. The monoisotopic (exact) mass is 322 g/mol. The number of ketones is 1. The van der Waals surface area contributed by atoms with Gasteiger partial charge in [0.05, 0.1) is 0 Å². The van der Waals surface area contributed by atoms with Crippen molar-refractivity contribution in [2.45, 2.75) is 71.8 Å². The second-order valence-electron chi connectivity index (χ2n) is 8.51. The summed E-state index contributed by atoms with van der Waals surface area (Å²) >= 11 is 0. The average Bonchev–Trinajstić information content (AvgIpc) is 2.52. The van der Waals surface area contributed by atoms with Gasteiger partial charge in [-0.2, -0.15) is 0 Å². The molecule has 2 fully saturated rings. The fourth-order valence-electron chi connectivity index (χ4n) is 3.97. The minimum Gasteiger partial charge on any atom is -0.356 e. The van der Waals surface area contributed by atoms with Crippen LogP contribution in [-0.4, -0.2) is 41.8 Å². The summed E-state index contributed by atoms with van der Waals surface area (Å²) in [6.07, 6.45) is 6.10. The van der Waals surface area contributed by atoms with Crippen molar-refractivity contribution in [3.8, 4) is 0 Å². The fraction of sp³-hybridized carbons (Fsp3) is 0.895. The van der Waals surface area contributed by atoms with Gasteiger partial charge in [0.15, 0.2) is 0 Å². The van der Waals surface area contributed by atoms with Crippen LogP contribution in [0, 0.1) is 17.8 Å². The number of nitrogens with zero attached hydrogens (tertiary/aromatic N) is 1. The van der Waals surface area contributed by atoms with Crippen LogP contribution >= 0.6 is 0 Å². The van der Waals surface area contributed by atoms with Gasteiger partial charge < -0.3 is 5.32 Å². The molecule has 2 aliphatic rings. The number of nitrogens with one attached hydrogen (secondary N) is 1. The predicted octanol–water partition coefficient (Wildman–Crippen LogP) is 3.01. The first-order valence-electron chi connectivity index (χ1n) is 9.30. The zero-order valence-corrected chi connectivity index (χ0v) is 15.4. The summed E-state index contributed by atoms with van der Waals surface area (Å²) < 4.78 is 0. The highest BCUT2D eigenvalue weighted by molar-refractivity contribution is 5.79. The number of hydrogen-bond acceptors (Lipinski definition) is 3. The first-order valence-corrected chi connectivity index (χ1v) is 9.30. The molecule has 1 amide bonds. The van der Waals surface area contributed by atoms with Gasteiger partial charge in [-0.1, -0.05) is 0 Å². The second-order valence-corrected chi connectivity index (χ2v) is 8.51. The summed E-state index contributed by atoms with van der Waals surface area (Å²) in [6, 6.07) is 0. The van der Waals surface area contributed by atoms with Crippen LogP contribution in [0.5, 0.6) is 0 Å². The van der Waals surface area contributed by atoms with Gasteiger partial charge in [0.25, 0.3) is 0 Å². The first kappa shape index (κ1) is 18.4. The van der Waals surface area contributed by atoms with Crippen LogP contribution in [0.15, 0.2) is 0 Å². The number of likely N-dealkylation sites (tertiary alicyclic amines) is 1. The third-order valence-corrected chi connectivity index (χ3v) is 5.80. The summed E-state index contributed by atoms with van der Waals surface area (Å²) in [5, 5.41) is 3.18. The molecule has 0 atom stereocenters. The van der Waals surface area contributed by atoms with Gasteiger partial charge in [0, 0.05) is 23.9 Å². The maximum absolute atomic E-state index is 12.4. The van der Waals surface area contributed by atoms with Crippen LogP contribution in [0.4, 0.5) is 0 Å². The second kappa shape index (κ2) is 7.78. The Bertz CT molecular complexity index is 412. The Hall–Kier alpha value is -0.900. The van der Waals surface area contributed by atoms with E-state index in [-0.39, 0.29) is 23.3 Å². The maximum atomic E-state index is 12.4. The number of amides is 1. The van der Waals surface area contributed by atoms with E-state index in [1.807, 2.05) is 0 Å². The fourth-order valence-corrected chi connectivity index (χ4v) is 3.97. The smallest absolute Gasteiger partial charge is 0.223 e. The van der Waals surface area contributed by atoms with Gasteiger partial charge in [0.1, 0.15) is 5.78 Å². The van der Waals surface area contributed by atoms with Gasteiger partial charge in [-0.25, -0.2) is 0 Å². The van der Waals surface area contributed by atoms with E-state index in [0.29, 0.717) is 11.7 Å². The summed E-state index contributed by atoms with van der Waals surface area (Å²) in [7, 11) is 0. The van der Waals surface area contributed by atoms with Crippen molar-refractivity contribution in [2.24, 2.45) is 17.8 Å².